The number of hydrogen-bond acceptors (Lipinski definition) is 3. The van der Waals surface area contributed by atoms with Crippen molar-refractivity contribution in [1.82, 2.24) is 0 Å². The average Bonchev–Trinajstić information content (AvgIpc) is 2.42. The molecular weight excluding hydrogens is 130 g/mol. The van der Waals surface area contributed by atoms with Gasteiger partial charge < -0.3 is 15.6 Å². The first-order valence-corrected chi connectivity index (χ1v) is 3.81. The molecule has 0 aromatic rings. The molecule has 1 heterocycles. The molecule has 0 radical (unpaired) electrons. The largest absolute Gasteiger partial charge is 0.396 e. The molecule has 4 atom stereocenters. The van der Waals surface area contributed by atoms with Crippen molar-refractivity contribution < 1.29 is 9.84 Å². The minimum Gasteiger partial charge on any atom is -0.396 e. The summed E-state index contributed by atoms with van der Waals surface area (Å²) in [6.07, 6.45) is 1.20. The lowest BCUT2D eigenvalue weighted by molar-refractivity contribution is 0.0567. The third kappa shape index (κ3) is 0.713. The van der Waals surface area contributed by atoms with Crippen molar-refractivity contribution in [2.75, 3.05) is 13.2 Å². The second-order valence-electron chi connectivity index (χ2n) is 3.28. The van der Waals surface area contributed by atoms with E-state index in [-0.39, 0.29) is 18.8 Å². The van der Waals surface area contributed by atoms with Crippen LogP contribution in [0, 0.1) is 11.8 Å². The second kappa shape index (κ2) is 2.19. The molecule has 2 rings (SSSR count). The average molecular weight is 143 g/mol. The van der Waals surface area contributed by atoms with Crippen LogP contribution in [0.25, 0.3) is 0 Å². The zero-order valence-corrected chi connectivity index (χ0v) is 5.86. The summed E-state index contributed by atoms with van der Waals surface area (Å²) in [6.45, 7) is 1.00. The highest BCUT2D eigenvalue weighted by molar-refractivity contribution is 4.98. The van der Waals surface area contributed by atoms with Crippen molar-refractivity contribution in [1.29, 1.82) is 0 Å². The number of hydrogen-bond donors (Lipinski definition) is 2. The highest BCUT2D eigenvalue weighted by Gasteiger charge is 2.47. The molecule has 1 saturated carbocycles. The molecule has 0 amide bonds. The molecule has 1 aliphatic heterocycles. The number of ether oxygens (including phenoxy) is 1. The number of fused-ring (bicyclic) bond motifs is 2. The molecular formula is C7H13NO2. The molecule has 2 fully saturated rings. The summed E-state index contributed by atoms with van der Waals surface area (Å²) in [5.74, 6) is 0.755. The Morgan fingerprint density at radius 1 is 1.60 bits per heavy atom. The van der Waals surface area contributed by atoms with Gasteiger partial charge in [0.1, 0.15) is 0 Å². The lowest BCUT2D eigenvalue weighted by Crippen LogP contribution is -2.31. The number of aliphatic hydroxyl groups excluding tert-OH is 1. The number of rotatable bonds is 1. The van der Waals surface area contributed by atoms with Gasteiger partial charge in [0.25, 0.3) is 0 Å². The fourth-order valence-corrected chi connectivity index (χ4v) is 2.14. The first kappa shape index (κ1) is 6.58. The molecule has 0 unspecified atom stereocenters. The van der Waals surface area contributed by atoms with Gasteiger partial charge in [-0.15, -0.1) is 0 Å². The summed E-state index contributed by atoms with van der Waals surface area (Å²) < 4.78 is 5.39. The molecule has 1 aliphatic carbocycles. The summed E-state index contributed by atoms with van der Waals surface area (Å²) >= 11 is 0. The van der Waals surface area contributed by atoms with Gasteiger partial charge in [-0.05, 0) is 6.42 Å². The maximum Gasteiger partial charge on any atom is 0.0644 e. The van der Waals surface area contributed by atoms with Gasteiger partial charge in [-0.3, -0.25) is 0 Å². The van der Waals surface area contributed by atoms with E-state index in [2.05, 4.69) is 0 Å². The van der Waals surface area contributed by atoms with Crippen LogP contribution >= 0.6 is 0 Å². The highest BCUT2D eigenvalue weighted by Crippen LogP contribution is 2.39. The molecule has 58 valence electrons. The van der Waals surface area contributed by atoms with E-state index in [9.17, 15) is 0 Å². The van der Waals surface area contributed by atoms with Gasteiger partial charge >= 0.3 is 0 Å². The minimum absolute atomic E-state index is 0.239. The van der Waals surface area contributed by atoms with Crippen molar-refractivity contribution >= 4 is 0 Å². The van der Waals surface area contributed by atoms with Crippen LogP contribution in [-0.2, 0) is 4.74 Å². The zero-order chi connectivity index (χ0) is 7.14. The van der Waals surface area contributed by atoms with Crippen molar-refractivity contribution in [3.8, 4) is 0 Å². The summed E-state index contributed by atoms with van der Waals surface area (Å²) in [7, 11) is 0. The topological polar surface area (TPSA) is 55.5 Å². The van der Waals surface area contributed by atoms with Crippen LogP contribution < -0.4 is 5.73 Å². The lowest BCUT2D eigenvalue weighted by atomic mass is 9.97. The Balaban J connectivity index is 2.11. The number of nitrogens with two attached hydrogens (primary N) is 1. The Hall–Kier alpha value is -0.120. The fourth-order valence-electron chi connectivity index (χ4n) is 2.14. The monoisotopic (exact) mass is 143 g/mol. The molecule has 3 nitrogen and oxygen atoms in total. The Morgan fingerprint density at radius 2 is 2.40 bits per heavy atom. The normalized spacial score (nSPS) is 52.2. The smallest absolute Gasteiger partial charge is 0.0644 e. The molecule has 3 heteroatoms. The third-order valence-corrected chi connectivity index (χ3v) is 2.80. The van der Waals surface area contributed by atoms with Gasteiger partial charge in [-0.2, -0.15) is 0 Å². The van der Waals surface area contributed by atoms with E-state index >= 15 is 0 Å². The first-order chi connectivity index (χ1) is 4.83. The summed E-state index contributed by atoms with van der Waals surface area (Å²) in [5, 5.41) is 8.93. The van der Waals surface area contributed by atoms with Crippen LogP contribution in [0.1, 0.15) is 6.42 Å². The van der Waals surface area contributed by atoms with E-state index in [4.69, 9.17) is 15.6 Å². The van der Waals surface area contributed by atoms with Crippen LogP contribution in [0.3, 0.4) is 0 Å². The Bertz CT molecular complexity index is 140. The summed E-state index contributed by atoms with van der Waals surface area (Å²) in [6, 6.07) is 0.274. The predicted octanol–water partition coefficient (Wildman–Crippen LogP) is -0.659. The van der Waals surface area contributed by atoms with E-state index in [1.165, 1.54) is 0 Å². The third-order valence-electron chi connectivity index (χ3n) is 2.80. The first-order valence-electron chi connectivity index (χ1n) is 3.81. The molecule has 0 aromatic heterocycles. The van der Waals surface area contributed by atoms with Gasteiger partial charge in [-0.1, -0.05) is 0 Å². The Labute approximate surface area is 60.2 Å². The molecule has 10 heavy (non-hydrogen) atoms. The summed E-state index contributed by atoms with van der Waals surface area (Å²) in [5.41, 5.74) is 5.79. The molecule has 0 spiro atoms. The molecule has 2 bridgehead atoms. The van der Waals surface area contributed by atoms with Crippen molar-refractivity contribution in [3.63, 3.8) is 0 Å². The van der Waals surface area contributed by atoms with E-state index in [0.717, 1.165) is 13.0 Å². The van der Waals surface area contributed by atoms with Crippen LogP contribution in [0.2, 0.25) is 0 Å². The van der Waals surface area contributed by atoms with E-state index in [1.54, 1.807) is 0 Å². The van der Waals surface area contributed by atoms with Crippen molar-refractivity contribution in [3.05, 3.63) is 0 Å². The van der Waals surface area contributed by atoms with Gasteiger partial charge in [0, 0.05) is 24.5 Å². The predicted molar refractivity (Wildman–Crippen MR) is 36.4 cm³/mol. The van der Waals surface area contributed by atoms with Gasteiger partial charge in [0.05, 0.1) is 12.7 Å². The molecule has 0 aromatic carbocycles. The van der Waals surface area contributed by atoms with Crippen LogP contribution in [0.4, 0.5) is 0 Å². The van der Waals surface area contributed by atoms with E-state index in [1.807, 2.05) is 0 Å². The standard InChI is InChI=1S/C7H13NO2/c8-6-1-7-4(2-9)5(6)3-10-7/h4-7,9H,1-3,8H2/t4-,5-,6-,7-/m0/s1. The minimum atomic E-state index is 0.239. The Kier molecular flexibility index (Phi) is 1.44. The van der Waals surface area contributed by atoms with Crippen LogP contribution in [-0.4, -0.2) is 30.5 Å². The quantitative estimate of drug-likeness (QED) is 0.512. The number of aliphatic hydroxyl groups is 1. The van der Waals surface area contributed by atoms with Crippen LogP contribution in [0.5, 0.6) is 0 Å². The van der Waals surface area contributed by atoms with Crippen molar-refractivity contribution in [2.45, 2.75) is 18.6 Å². The van der Waals surface area contributed by atoms with Crippen LogP contribution in [0.15, 0.2) is 0 Å². The summed E-state index contributed by atoms with van der Waals surface area (Å²) in [4.78, 5) is 0. The zero-order valence-electron chi connectivity index (χ0n) is 5.86. The highest BCUT2D eigenvalue weighted by atomic mass is 16.5. The maximum atomic E-state index is 8.93. The fraction of sp³-hybridized carbons (Fsp3) is 1.00. The van der Waals surface area contributed by atoms with Gasteiger partial charge in [0.2, 0.25) is 0 Å². The van der Waals surface area contributed by atoms with Gasteiger partial charge in [0.15, 0.2) is 0 Å². The molecule has 1 saturated heterocycles. The van der Waals surface area contributed by atoms with E-state index in [0.29, 0.717) is 11.8 Å². The molecule has 3 N–H and O–H groups in total. The molecule has 2 aliphatic rings. The maximum absolute atomic E-state index is 8.93. The van der Waals surface area contributed by atoms with Gasteiger partial charge in [-0.25, -0.2) is 0 Å². The SMILES string of the molecule is N[C@H]1C[C@@H]2OC[C@H]1[C@@H]2CO. The van der Waals surface area contributed by atoms with E-state index < -0.39 is 0 Å². The second-order valence-corrected chi connectivity index (χ2v) is 3.28. The Morgan fingerprint density at radius 3 is 2.70 bits per heavy atom. The van der Waals surface area contributed by atoms with Crippen molar-refractivity contribution in [2.24, 2.45) is 17.6 Å². The lowest BCUT2D eigenvalue weighted by Gasteiger charge is -2.16.